The van der Waals surface area contributed by atoms with Crippen LogP contribution in [0.5, 0.6) is 0 Å². The summed E-state index contributed by atoms with van der Waals surface area (Å²) in [6, 6.07) is 10.5. The highest BCUT2D eigenvalue weighted by Crippen LogP contribution is 2.31. The molecular weight excluding hydrogens is 440 g/mol. The summed E-state index contributed by atoms with van der Waals surface area (Å²) < 4.78 is 31.0. The molecule has 0 saturated carbocycles. The number of nitrogens with zero attached hydrogens (tertiary/aromatic N) is 6. The van der Waals surface area contributed by atoms with E-state index >= 15 is 0 Å². The fourth-order valence-electron chi connectivity index (χ4n) is 3.93. The second kappa shape index (κ2) is 8.29. The lowest BCUT2D eigenvalue weighted by molar-refractivity contribution is -0.120. The molecule has 1 aliphatic heterocycles. The number of benzene rings is 2. The van der Waals surface area contributed by atoms with Crippen molar-refractivity contribution in [3.05, 3.63) is 88.8 Å². The van der Waals surface area contributed by atoms with Gasteiger partial charge < -0.3 is 5.73 Å². The minimum absolute atomic E-state index is 0.00795. The van der Waals surface area contributed by atoms with Crippen molar-refractivity contribution in [2.24, 2.45) is 16.6 Å². The molecule has 1 amide bonds. The largest absolute Gasteiger partial charge is 0.382 e. The van der Waals surface area contributed by atoms with Gasteiger partial charge in [0, 0.05) is 24.8 Å². The van der Waals surface area contributed by atoms with E-state index in [4.69, 9.17) is 5.73 Å². The number of amides is 1. The summed E-state index contributed by atoms with van der Waals surface area (Å²) in [5.74, 6) is -1.43. The van der Waals surface area contributed by atoms with Crippen LogP contribution in [0, 0.1) is 17.6 Å². The van der Waals surface area contributed by atoms with Gasteiger partial charge in [-0.3, -0.25) is 9.36 Å². The lowest BCUT2D eigenvalue weighted by Gasteiger charge is -2.09. The molecule has 0 spiro atoms. The van der Waals surface area contributed by atoms with E-state index in [0.29, 0.717) is 41.3 Å². The molecule has 0 fully saturated rings. The highest BCUT2D eigenvalue weighted by atomic mass is 19.1. The van der Waals surface area contributed by atoms with Crippen LogP contribution in [0.15, 0.2) is 53.8 Å². The Hall–Kier alpha value is -4.21. The van der Waals surface area contributed by atoms with E-state index in [-0.39, 0.29) is 23.5 Å². The molecule has 2 aromatic carbocycles. The monoisotopic (exact) mass is 461 g/mol. The lowest BCUT2D eigenvalue weighted by Crippen LogP contribution is -2.20. The molecule has 5 rings (SSSR count). The van der Waals surface area contributed by atoms with Crippen molar-refractivity contribution in [1.29, 1.82) is 0 Å². The first kappa shape index (κ1) is 21.6. The molecule has 0 radical (unpaired) electrons. The number of amidine groups is 1. The number of rotatable bonds is 4. The molecule has 8 nitrogen and oxygen atoms in total. The van der Waals surface area contributed by atoms with Crippen molar-refractivity contribution in [2.45, 2.75) is 26.7 Å². The number of aliphatic imine (C=N–C) groups is 1. The number of imidazole rings is 1. The molecule has 0 atom stereocenters. The molecule has 34 heavy (non-hydrogen) atoms. The van der Waals surface area contributed by atoms with Crippen LogP contribution in [0.3, 0.4) is 0 Å². The number of hydrogen-bond acceptors (Lipinski definition) is 4. The third-order valence-electron chi connectivity index (χ3n) is 5.72. The third kappa shape index (κ3) is 3.76. The number of aromatic nitrogens is 5. The van der Waals surface area contributed by atoms with E-state index in [9.17, 15) is 13.6 Å². The van der Waals surface area contributed by atoms with Gasteiger partial charge in [0.25, 0.3) is 0 Å². The van der Waals surface area contributed by atoms with E-state index in [1.165, 1.54) is 30.6 Å². The first-order chi connectivity index (χ1) is 16.3. The molecule has 10 heteroatoms. The van der Waals surface area contributed by atoms with Gasteiger partial charge in [0.05, 0.1) is 28.5 Å². The highest BCUT2D eigenvalue weighted by Gasteiger charge is 2.28. The van der Waals surface area contributed by atoms with E-state index in [1.807, 2.05) is 0 Å². The van der Waals surface area contributed by atoms with Gasteiger partial charge in [0.2, 0.25) is 5.91 Å². The Labute approximate surface area is 193 Å². The number of carbonyl (C=O) groups excluding carboxylic acids is 1. The van der Waals surface area contributed by atoms with Crippen LogP contribution in [-0.2, 0) is 17.6 Å². The van der Waals surface area contributed by atoms with E-state index in [1.54, 1.807) is 41.3 Å². The summed E-state index contributed by atoms with van der Waals surface area (Å²) in [7, 11) is 0. The van der Waals surface area contributed by atoms with Crippen molar-refractivity contribution in [1.82, 2.24) is 24.5 Å². The van der Waals surface area contributed by atoms with Crippen LogP contribution < -0.4 is 5.73 Å². The summed E-state index contributed by atoms with van der Waals surface area (Å²) in [5, 5.41) is 8.69. The van der Waals surface area contributed by atoms with Gasteiger partial charge in [-0.05, 0) is 29.8 Å². The van der Waals surface area contributed by atoms with Crippen LogP contribution in [0.1, 0.15) is 42.2 Å². The first-order valence-electron chi connectivity index (χ1n) is 10.7. The predicted molar refractivity (Wildman–Crippen MR) is 121 cm³/mol. The normalized spacial score (nSPS) is 12.8. The second-order valence-corrected chi connectivity index (χ2v) is 8.41. The molecular formula is C24H21F2N7O. The highest BCUT2D eigenvalue weighted by molar-refractivity contribution is 6.04. The van der Waals surface area contributed by atoms with Gasteiger partial charge in [0.1, 0.15) is 23.7 Å². The summed E-state index contributed by atoms with van der Waals surface area (Å²) >= 11 is 0. The fraction of sp³-hybridized carbons (Fsp3) is 0.208. The number of fused-ring (bicyclic) bond motifs is 5. The molecule has 2 aromatic heterocycles. The van der Waals surface area contributed by atoms with Crippen LogP contribution in [0.25, 0.3) is 11.4 Å². The zero-order valence-electron chi connectivity index (χ0n) is 18.5. The standard InChI is InChI=1S/C24H21F2N7O/c1-13(2)24(34)29-23(27)22-21-11-19-17(9-14-3-5-15(25)6-4-14)30-31-33(19)18-8-7-16(26)10-20(18)32(21)12-28-22/h3-8,10,12-13H,9,11H2,1-2H3,(H2,27,29,34). The smallest absolute Gasteiger partial charge is 0.250 e. The van der Waals surface area contributed by atoms with Gasteiger partial charge in [-0.25, -0.2) is 18.4 Å². The van der Waals surface area contributed by atoms with Gasteiger partial charge in [-0.2, -0.15) is 4.99 Å². The first-order valence-corrected chi connectivity index (χ1v) is 10.7. The fourth-order valence-corrected chi connectivity index (χ4v) is 3.93. The van der Waals surface area contributed by atoms with Crippen LogP contribution in [0.2, 0.25) is 0 Å². The van der Waals surface area contributed by atoms with Crippen LogP contribution in [-0.4, -0.2) is 36.3 Å². The Balaban J connectivity index is 1.66. The van der Waals surface area contributed by atoms with Crippen molar-refractivity contribution in [3.8, 4) is 11.4 Å². The maximum absolute atomic E-state index is 14.2. The minimum atomic E-state index is -0.424. The molecule has 172 valence electrons. The molecule has 2 N–H and O–H groups in total. The predicted octanol–water partition coefficient (Wildman–Crippen LogP) is 3.11. The maximum atomic E-state index is 14.2. The van der Waals surface area contributed by atoms with E-state index < -0.39 is 5.82 Å². The van der Waals surface area contributed by atoms with Crippen molar-refractivity contribution in [3.63, 3.8) is 0 Å². The van der Waals surface area contributed by atoms with Crippen molar-refractivity contribution >= 4 is 11.7 Å². The Morgan fingerprint density at radius 3 is 2.56 bits per heavy atom. The Kier molecular flexibility index (Phi) is 5.27. The topological polar surface area (TPSA) is 104 Å². The Morgan fingerprint density at radius 2 is 1.82 bits per heavy atom. The average Bonchev–Trinajstić information content (AvgIpc) is 3.37. The number of carbonyl (C=O) groups is 1. The van der Waals surface area contributed by atoms with Gasteiger partial charge in [0.15, 0.2) is 5.84 Å². The zero-order valence-corrected chi connectivity index (χ0v) is 18.5. The summed E-state index contributed by atoms with van der Waals surface area (Å²) in [4.78, 5) is 20.6. The quantitative estimate of drug-likeness (QED) is 0.327. The zero-order chi connectivity index (χ0) is 24.0. The van der Waals surface area contributed by atoms with E-state index in [0.717, 1.165) is 11.3 Å². The molecule has 0 saturated heterocycles. The van der Waals surface area contributed by atoms with Crippen LogP contribution >= 0.6 is 0 Å². The Bertz CT molecular complexity index is 1430. The molecule has 0 bridgehead atoms. The van der Waals surface area contributed by atoms with Crippen LogP contribution in [0.4, 0.5) is 8.78 Å². The molecule has 4 aromatic rings. The summed E-state index contributed by atoms with van der Waals surface area (Å²) in [5.41, 5.74) is 10.6. The van der Waals surface area contributed by atoms with Crippen molar-refractivity contribution < 1.29 is 13.6 Å². The molecule has 0 unspecified atom stereocenters. The van der Waals surface area contributed by atoms with Gasteiger partial charge in [-0.15, -0.1) is 5.10 Å². The summed E-state index contributed by atoms with van der Waals surface area (Å²) in [6.45, 7) is 3.47. The third-order valence-corrected chi connectivity index (χ3v) is 5.72. The van der Waals surface area contributed by atoms with Crippen molar-refractivity contribution in [2.75, 3.05) is 0 Å². The number of halogens is 2. The summed E-state index contributed by atoms with van der Waals surface area (Å²) in [6.07, 6.45) is 2.26. The Morgan fingerprint density at radius 1 is 1.09 bits per heavy atom. The number of hydrogen-bond donors (Lipinski definition) is 1. The lowest BCUT2D eigenvalue weighted by atomic mass is 10.1. The molecule has 0 aliphatic carbocycles. The van der Waals surface area contributed by atoms with Gasteiger partial charge >= 0.3 is 0 Å². The molecule has 3 heterocycles. The number of nitrogens with two attached hydrogens (primary N) is 1. The minimum Gasteiger partial charge on any atom is -0.382 e. The molecule has 1 aliphatic rings. The van der Waals surface area contributed by atoms with E-state index in [2.05, 4.69) is 20.3 Å². The van der Waals surface area contributed by atoms with Gasteiger partial charge in [-0.1, -0.05) is 31.2 Å². The second-order valence-electron chi connectivity index (χ2n) is 8.41. The average molecular weight is 461 g/mol. The maximum Gasteiger partial charge on any atom is 0.250 e. The SMILES string of the molecule is CC(C)C(=O)N=C(N)c1ncn2c1Cc1c(Cc3ccc(F)cc3)nnn1-c1ccc(F)cc1-2.